The Kier molecular flexibility index (Phi) is 7.20. The van der Waals surface area contributed by atoms with Gasteiger partial charge in [0.2, 0.25) is 0 Å². The highest BCUT2D eigenvalue weighted by Crippen LogP contribution is 2.31. The van der Waals surface area contributed by atoms with Gasteiger partial charge < -0.3 is 14.8 Å². The molecule has 0 saturated heterocycles. The highest BCUT2D eigenvalue weighted by Gasteiger charge is 2.31. The topological polar surface area (TPSA) is 30.5 Å². The van der Waals surface area contributed by atoms with Crippen LogP contribution in [0.25, 0.3) is 0 Å². The van der Waals surface area contributed by atoms with Crippen LogP contribution in [0.15, 0.2) is 0 Å². The molecule has 3 heteroatoms. The molecule has 3 nitrogen and oxygen atoms in total. The average Bonchev–Trinajstić information content (AvgIpc) is 2.34. The summed E-state index contributed by atoms with van der Waals surface area (Å²) < 4.78 is 11.6. The summed E-state index contributed by atoms with van der Waals surface area (Å²) in [5, 5.41) is 3.40. The summed E-state index contributed by atoms with van der Waals surface area (Å²) in [4.78, 5) is 0. The van der Waals surface area contributed by atoms with Gasteiger partial charge >= 0.3 is 0 Å². The molecule has 18 heavy (non-hydrogen) atoms. The van der Waals surface area contributed by atoms with Crippen molar-refractivity contribution in [1.29, 1.82) is 0 Å². The van der Waals surface area contributed by atoms with Crippen LogP contribution < -0.4 is 5.32 Å². The summed E-state index contributed by atoms with van der Waals surface area (Å²) in [6, 6.07) is 0.513. The van der Waals surface area contributed by atoms with E-state index < -0.39 is 0 Å². The summed E-state index contributed by atoms with van der Waals surface area (Å²) in [6.45, 7) is 10.2. The summed E-state index contributed by atoms with van der Waals surface area (Å²) in [7, 11) is 2.04. The Balaban J connectivity index is 2.33. The van der Waals surface area contributed by atoms with E-state index in [0.717, 1.165) is 11.8 Å². The molecule has 0 spiro atoms. The first-order chi connectivity index (χ1) is 8.54. The molecule has 3 atom stereocenters. The minimum absolute atomic E-state index is 0.295. The molecule has 0 aromatic carbocycles. The zero-order chi connectivity index (χ0) is 13.5. The lowest BCUT2D eigenvalue weighted by molar-refractivity contribution is -0.0480. The highest BCUT2D eigenvalue weighted by atomic mass is 16.5. The van der Waals surface area contributed by atoms with Gasteiger partial charge in [-0.05, 0) is 52.0 Å². The quantitative estimate of drug-likeness (QED) is 0.711. The van der Waals surface area contributed by atoms with Gasteiger partial charge in [0.05, 0.1) is 25.4 Å². The fourth-order valence-corrected chi connectivity index (χ4v) is 2.76. The molecule has 0 heterocycles. The molecule has 0 bridgehead atoms. The van der Waals surface area contributed by atoms with E-state index >= 15 is 0 Å². The molecular formula is C15H31NO2. The Morgan fingerprint density at radius 1 is 1.11 bits per heavy atom. The largest absolute Gasteiger partial charge is 0.376 e. The third-order valence-electron chi connectivity index (χ3n) is 4.01. The predicted octanol–water partition coefficient (Wildman–Crippen LogP) is 2.84. The molecule has 0 aromatic heterocycles. The summed E-state index contributed by atoms with van der Waals surface area (Å²) >= 11 is 0. The van der Waals surface area contributed by atoms with Gasteiger partial charge in [0.15, 0.2) is 0 Å². The number of rotatable bonds is 7. The van der Waals surface area contributed by atoms with E-state index in [1.165, 1.54) is 19.3 Å². The van der Waals surface area contributed by atoms with Gasteiger partial charge in [-0.2, -0.15) is 0 Å². The Morgan fingerprint density at radius 3 is 2.39 bits per heavy atom. The van der Waals surface area contributed by atoms with E-state index in [-0.39, 0.29) is 0 Å². The van der Waals surface area contributed by atoms with E-state index in [4.69, 9.17) is 9.47 Å². The Bertz CT molecular complexity index is 219. The fourth-order valence-electron chi connectivity index (χ4n) is 2.76. The fraction of sp³-hybridized carbons (Fsp3) is 1.00. The van der Waals surface area contributed by atoms with Gasteiger partial charge in [-0.1, -0.05) is 13.8 Å². The van der Waals surface area contributed by atoms with E-state index in [1.54, 1.807) is 0 Å². The molecule has 1 N–H and O–H groups in total. The SMILES string of the molecule is CNC1CCC(C(C)C)CC1OCCOC(C)C. The van der Waals surface area contributed by atoms with Crippen molar-refractivity contribution in [2.45, 2.75) is 65.2 Å². The van der Waals surface area contributed by atoms with Gasteiger partial charge in [-0.15, -0.1) is 0 Å². The third-order valence-corrected chi connectivity index (χ3v) is 4.01. The summed E-state index contributed by atoms with van der Waals surface area (Å²) in [5.74, 6) is 1.58. The maximum Gasteiger partial charge on any atom is 0.0731 e. The summed E-state index contributed by atoms with van der Waals surface area (Å²) in [6.07, 6.45) is 4.39. The lowest BCUT2D eigenvalue weighted by Gasteiger charge is -2.37. The van der Waals surface area contributed by atoms with Gasteiger partial charge in [-0.3, -0.25) is 0 Å². The molecule has 3 unspecified atom stereocenters. The molecule has 1 fully saturated rings. The number of likely N-dealkylation sites (N-methyl/N-ethyl adjacent to an activating group) is 1. The van der Waals surface area contributed by atoms with E-state index in [0.29, 0.717) is 31.5 Å². The first kappa shape index (κ1) is 15.9. The van der Waals surface area contributed by atoms with Crippen LogP contribution in [0.5, 0.6) is 0 Å². The van der Waals surface area contributed by atoms with Crippen molar-refractivity contribution < 1.29 is 9.47 Å². The van der Waals surface area contributed by atoms with Gasteiger partial charge in [0, 0.05) is 6.04 Å². The number of hydrogen-bond donors (Lipinski definition) is 1. The van der Waals surface area contributed by atoms with E-state index in [2.05, 4.69) is 33.0 Å². The molecule has 0 radical (unpaired) electrons. The molecule has 0 amide bonds. The lowest BCUT2D eigenvalue weighted by atomic mass is 9.78. The van der Waals surface area contributed by atoms with Crippen LogP contribution in [0.3, 0.4) is 0 Å². The second-order valence-corrected chi connectivity index (χ2v) is 6.04. The first-order valence-corrected chi connectivity index (χ1v) is 7.45. The monoisotopic (exact) mass is 257 g/mol. The number of nitrogens with one attached hydrogen (secondary N) is 1. The predicted molar refractivity (Wildman–Crippen MR) is 75.9 cm³/mol. The third kappa shape index (κ3) is 5.25. The maximum atomic E-state index is 6.03. The first-order valence-electron chi connectivity index (χ1n) is 7.45. The van der Waals surface area contributed by atoms with E-state index in [1.807, 2.05) is 7.05 Å². The van der Waals surface area contributed by atoms with Gasteiger partial charge in [0.1, 0.15) is 0 Å². The second kappa shape index (κ2) is 8.13. The highest BCUT2D eigenvalue weighted by molar-refractivity contribution is 4.86. The van der Waals surface area contributed by atoms with Crippen molar-refractivity contribution in [1.82, 2.24) is 5.32 Å². The van der Waals surface area contributed by atoms with Gasteiger partial charge in [0.25, 0.3) is 0 Å². The van der Waals surface area contributed by atoms with E-state index in [9.17, 15) is 0 Å². The van der Waals surface area contributed by atoms with Crippen LogP contribution in [0.4, 0.5) is 0 Å². The number of hydrogen-bond acceptors (Lipinski definition) is 3. The Hall–Kier alpha value is -0.120. The minimum atomic E-state index is 0.295. The van der Waals surface area contributed by atoms with Crippen molar-refractivity contribution in [3.05, 3.63) is 0 Å². The Labute approximate surface area is 113 Å². The smallest absolute Gasteiger partial charge is 0.0731 e. The molecule has 1 aliphatic carbocycles. The standard InChI is InChI=1S/C15H31NO2/c1-11(2)13-6-7-14(16-5)15(10-13)18-9-8-17-12(3)4/h11-16H,6-10H2,1-5H3. The summed E-state index contributed by atoms with van der Waals surface area (Å²) in [5.41, 5.74) is 0. The Morgan fingerprint density at radius 2 is 1.83 bits per heavy atom. The van der Waals surface area contributed by atoms with Crippen LogP contribution in [0.1, 0.15) is 47.0 Å². The van der Waals surface area contributed by atoms with Crippen molar-refractivity contribution >= 4 is 0 Å². The van der Waals surface area contributed by atoms with Crippen LogP contribution in [0, 0.1) is 11.8 Å². The van der Waals surface area contributed by atoms with Gasteiger partial charge in [-0.25, -0.2) is 0 Å². The molecule has 0 aliphatic heterocycles. The zero-order valence-corrected chi connectivity index (χ0v) is 12.7. The van der Waals surface area contributed by atoms with Crippen molar-refractivity contribution in [2.24, 2.45) is 11.8 Å². The average molecular weight is 257 g/mol. The number of ether oxygens (including phenoxy) is 2. The molecule has 1 aliphatic rings. The molecule has 1 rings (SSSR count). The lowest BCUT2D eigenvalue weighted by Crippen LogP contribution is -2.45. The zero-order valence-electron chi connectivity index (χ0n) is 12.7. The normalized spacial score (nSPS) is 29.2. The van der Waals surface area contributed by atoms with Crippen LogP contribution in [0.2, 0.25) is 0 Å². The molecular weight excluding hydrogens is 226 g/mol. The van der Waals surface area contributed by atoms with Crippen molar-refractivity contribution in [2.75, 3.05) is 20.3 Å². The molecule has 1 saturated carbocycles. The maximum absolute atomic E-state index is 6.03. The van der Waals surface area contributed by atoms with Crippen molar-refractivity contribution in [3.63, 3.8) is 0 Å². The molecule has 108 valence electrons. The molecule has 0 aromatic rings. The van der Waals surface area contributed by atoms with Crippen LogP contribution >= 0.6 is 0 Å². The van der Waals surface area contributed by atoms with Crippen LogP contribution in [-0.4, -0.2) is 38.5 Å². The van der Waals surface area contributed by atoms with Crippen LogP contribution in [-0.2, 0) is 9.47 Å². The van der Waals surface area contributed by atoms with Crippen molar-refractivity contribution in [3.8, 4) is 0 Å². The second-order valence-electron chi connectivity index (χ2n) is 6.04. The minimum Gasteiger partial charge on any atom is -0.376 e.